The molecule has 0 aliphatic carbocycles. The van der Waals surface area contributed by atoms with Crippen molar-refractivity contribution >= 4 is 11.9 Å². The molecule has 1 aliphatic rings. The van der Waals surface area contributed by atoms with Crippen LogP contribution in [0, 0.1) is 20.8 Å². The zero-order valence-electron chi connectivity index (χ0n) is 14.0. The summed E-state index contributed by atoms with van der Waals surface area (Å²) in [5.74, 6) is 0.641. The summed E-state index contributed by atoms with van der Waals surface area (Å²) in [5.41, 5.74) is 3.08. The molecule has 2 aromatic heterocycles. The Morgan fingerprint density at radius 1 is 1.30 bits per heavy atom. The van der Waals surface area contributed by atoms with Gasteiger partial charge in [-0.15, -0.1) is 0 Å². The third kappa shape index (κ3) is 3.18. The van der Waals surface area contributed by atoms with E-state index in [4.69, 9.17) is 0 Å². The van der Waals surface area contributed by atoms with Crippen LogP contribution in [0.1, 0.15) is 40.8 Å². The van der Waals surface area contributed by atoms with Crippen LogP contribution in [0.5, 0.6) is 0 Å². The van der Waals surface area contributed by atoms with Gasteiger partial charge in [-0.25, -0.2) is 9.97 Å². The average molecular weight is 314 g/mol. The Kier molecular flexibility index (Phi) is 3.79. The fourth-order valence-electron chi connectivity index (χ4n) is 3.02. The van der Waals surface area contributed by atoms with E-state index < -0.39 is 0 Å². The zero-order chi connectivity index (χ0) is 16.6. The lowest BCUT2D eigenvalue weighted by Crippen LogP contribution is -2.40. The molecule has 0 saturated carbocycles. The molecule has 0 radical (unpaired) electrons. The molecule has 1 amide bonds. The third-order valence-corrected chi connectivity index (χ3v) is 4.22. The summed E-state index contributed by atoms with van der Waals surface area (Å²) >= 11 is 0. The Morgan fingerprint density at radius 3 is 2.61 bits per heavy atom. The van der Waals surface area contributed by atoms with Gasteiger partial charge in [0, 0.05) is 30.2 Å². The molecule has 3 heterocycles. The largest absolute Gasteiger partial charge is 0.347 e. The number of aromatic amines is 1. The number of hydrogen-bond donors (Lipinski definition) is 2. The number of carbonyl (C=O) groups excluding carboxylic acids is 1. The molecule has 1 atom stereocenters. The molecule has 7 nitrogen and oxygen atoms in total. The Balaban J connectivity index is 1.73. The van der Waals surface area contributed by atoms with Gasteiger partial charge >= 0.3 is 0 Å². The van der Waals surface area contributed by atoms with Crippen molar-refractivity contribution < 1.29 is 4.79 Å². The number of carbonyl (C=O) groups is 1. The summed E-state index contributed by atoms with van der Waals surface area (Å²) in [6, 6.07) is 1.94. The highest BCUT2D eigenvalue weighted by molar-refractivity contribution is 5.95. The number of rotatable bonds is 3. The Labute approximate surface area is 135 Å². The highest BCUT2D eigenvalue weighted by atomic mass is 16.2. The first-order chi connectivity index (χ1) is 10.9. The molecule has 1 fully saturated rings. The van der Waals surface area contributed by atoms with Crippen molar-refractivity contribution in [1.29, 1.82) is 0 Å². The number of aromatic nitrogens is 4. The van der Waals surface area contributed by atoms with Crippen molar-refractivity contribution in [3.05, 3.63) is 34.9 Å². The molecule has 0 aromatic carbocycles. The second-order valence-electron chi connectivity index (χ2n) is 6.55. The minimum absolute atomic E-state index is 0.0168. The molecule has 23 heavy (non-hydrogen) atoms. The summed E-state index contributed by atoms with van der Waals surface area (Å²) in [4.78, 5) is 23.3. The van der Waals surface area contributed by atoms with Gasteiger partial charge in [0.1, 0.15) is 0 Å². The fourth-order valence-corrected chi connectivity index (χ4v) is 3.02. The van der Waals surface area contributed by atoms with Crippen LogP contribution in [0.15, 0.2) is 12.3 Å². The number of hydrogen-bond acceptors (Lipinski definition) is 5. The second kappa shape index (κ2) is 5.64. The lowest BCUT2D eigenvalue weighted by atomic mass is 10.0. The highest BCUT2D eigenvalue weighted by Gasteiger charge is 2.37. The third-order valence-electron chi connectivity index (χ3n) is 4.22. The quantitative estimate of drug-likeness (QED) is 0.903. The summed E-state index contributed by atoms with van der Waals surface area (Å²) in [5, 5.41) is 10.1. The lowest BCUT2D eigenvalue weighted by molar-refractivity contribution is 0.0786. The van der Waals surface area contributed by atoms with Gasteiger partial charge in [-0.3, -0.25) is 9.89 Å². The molecule has 122 valence electrons. The Hall–Kier alpha value is -2.44. The standard InChI is InChI=1S/C16H22N6O/c1-10-7-11(2)19-15(18-10)20-16(4)5-6-22(9-16)14(23)13-8-17-21-12(13)3/h7-8H,5-6,9H2,1-4H3,(H,17,21)(H,18,19,20). The van der Waals surface area contributed by atoms with Crippen LogP contribution in [0.2, 0.25) is 0 Å². The van der Waals surface area contributed by atoms with Gasteiger partial charge < -0.3 is 10.2 Å². The second-order valence-corrected chi connectivity index (χ2v) is 6.55. The molecule has 0 spiro atoms. The van der Waals surface area contributed by atoms with Gasteiger partial charge in [-0.2, -0.15) is 5.10 Å². The summed E-state index contributed by atoms with van der Waals surface area (Å²) in [6.45, 7) is 9.19. The van der Waals surface area contributed by atoms with Crippen LogP contribution in [0.3, 0.4) is 0 Å². The molecule has 1 aliphatic heterocycles. The van der Waals surface area contributed by atoms with E-state index in [1.807, 2.05) is 31.7 Å². The van der Waals surface area contributed by atoms with Crippen molar-refractivity contribution in [2.45, 2.75) is 39.7 Å². The van der Waals surface area contributed by atoms with Crippen molar-refractivity contribution in [2.24, 2.45) is 0 Å². The number of nitrogens with zero attached hydrogens (tertiary/aromatic N) is 4. The van der Waals surface area contributed by atoms with Gasteiger partial charge in [0.15, 0.2) is 0 Å². The highest BCUT2D eigenvalue weighted by Crippen LogP contribution is 2.26. The van der Waals surface area contributed by atoms with Crippen LogP contribution in [0.4, 0.5) is 5.95 Å². The van der Waals surface area contributed by atoms with E-state index in [9.17, 15) is 4.79 Å². The van der Waals surface area contributed by atoms with Crippen molar-refractivity contribution in [3.8, 4) is 0 Å². The maximum atomic E-state index is 12.6. The van der Waals surface area contributed by atoms with Crippen LogP contribution in [-0.2, 0) is 0 Å². The van der Waals surface area contributed by atoms with E-state index in [-0.39, 0.29) is 11.4 Å². The van der Waals surface area contributed by atoms with Gasteiger partial charge in [0.05, 0.1) is 17.3 Å². The van der Waals surface area contributed by atoms with Crippen LogP contribution in [0.25, 0.3) is 0 Å². The first-order valence-corrected chi connectivity index (χ1v) is 7.76. The molecular formula is C16H22N6O. The van der Waals surface area contributed by atoms with Crippen LogP contribution in [-0.4, -0.2) is 49.6 Å². The molecule has 1 unspecified atom stereocenters. The molecule has 1 saturated heterocycles. The topological polar surface area (TPSA) is 86.8 Å². The van der Waals surface area contributed by atoms with Gasteiger partial charge in [0.2, 0.25) is 5.95 Å². The minimum atomic E-state index is -0.229. The smallest absolute Gasteiger partial charge is 0.257 e. The molecule has 7 heteroatoms. The SMILES string of the molecule is Cc1cc(C)nc(NC2(C)CCN(C(=O)c3cn[nH]c3C)C2)n1. The van der Waals surface area contributed by atoms with Gasteiger partial charge in [-0.05, 0) is 40.2 Å². The normalized spacial score (nSPS) is 20.8. The van der Waals surface area contributed by atoms with E-state index in [0.717, 1.165) is 23.5 Å². The monoisotopic (exact) mass is 314 g/mol. The van der Waals surface area contributed by atoms with E-state index in [0.29, 0.717) is 24.6 Å². The number of nitrogens with one attached hydrogen (secondary N) is 2. The molecule has 2 aromatic rings. The van der Waals surface area contributed by atoms with Crippen LogP contribution >= 0.6 is 0 Å². The van der Waals surface area contributed by atoms with Crippen molar-refractivity contribution in [2.75, 3.05) is 18.4 Å². The minimum Gasteiger partial charge on any atom is -0.347 e. The number of H-pyrrole nitrogens is 1. The Bertz CT molecular complexity index is 720. The number of anilines is 1. The van der Waals surface area contributed by atoms with Gasteiger partial charge in [-0.1, -0.05) is 0 Å². The van der Waals surface area contributed by atoms with E-state index in [2.05, 4.69) is 32.4 Å². The van der Waals surface area contributed by atoms with E-state index in [1.165, 1.54) is 0 Å². The molecule has 0 bridgehead atoms. The maximum absolute atomic E-state index is 12.6. The lowest BCUT2D eigenvalue weighted by Gasteiger charge is -2.26. The van der Waals surface area contributed by atoms with E-state index in [1.54, 1.807) is 6.20 Å². The zero-order valence-corrected chi connectivity index (χ0v) is 14.0. The first kappa shape index (κ1) is 15.5. The number of amides is 1. The molecule has 3 rings (SSSR count). The number of aryl methyl sites for hydroxylation is 3. The van der Waals surface area contributed by atoms with Crippen molar-refractivity contribution in [1.82, 2.24) is 25.1 Å². The summed E-state index contributed by atoms with van der Waals surface area (Å²) in [7, 11) is 0. The average Bonchev–Trinajstić information content (AvgIpc) is 3.03. The fraction of sp³-hybridized carbons (Fsp3) is 0.500. The predicted molar refractivity (Wildman–Crippen MR) is 87.4 cm³/mol. The molecular weight excluding hydrogens is 292 g/mol. The molecule has 2 N–H and O–H groups in total. The summed E-state index contributed by atoms with van der Waals surface area (Å²) < 4.78 is 0. The number of likely N-dealkylation sites (tertiary alicyclic amines) is 1. The summed E-state index contributed by atoms with van der Waals surface area (Å²) in [6.07, 6.45) is 2.44. The Morgan fingerprint density at radius 2 is 2.00 bits per heavy atom. The van der Waals surface area contributed by atoms with Gasteiger partial charge in [0.25, 0.3) is 5.91 Å². The predicted octanol–water partition coefficient (Wildman–Crippen LogP) is 1.84. The first-order valence-electron chi connectivity index (χ1n) is 7.76. The maximum Gasteiger partial charge on any atom is 0.257 e. The van der Waals surface area contributed by atoms with Crippen molar-refractivity contribution in [3.63, 3.8) is 0 Å². The van der Waals surface area contributed by atoms with E-state index >= 15 is 0 Å². The van der Waals surface area contributed by atoms with Crippen LogP contribution < -0.4 is 5.32 Å².